The molecular weight excluding hydrogens is 226 g/mol. The highest BCUT2D eigenvalue weighted by atomic mass is 16.5. The van der Waals surface area contributed by atoms with E-state index in [-0.39, 0.29) is 11.9 Å². The summed E-state index contributed by atoms with van der Waals surface area (Å²) in [6.45, 7) is 4.75. The van der Waals surface area contributed by atoms with E-state index in [1.807, 2.05) is 18.2 Å². The van der Waals surface area contributed by atoms with Gasteiger partial charge in [-0.15, -0.1) is 0 Å². The summed E-state index contributed by atoms with van der Waals surface area (Å²) in [5.74, 6) is 0.0814. The molecule has 1 atom stereocenters. The van der Waals surface area contributed by atoms with Gasteiger partial charge in [-0.1, -0.05) is 32.8 Å². The minimum Gasteiger partial charge on any atom is -0.466 e. The predicted octanol–water partition coefficient (Wildman–Crippen LogP) is 3.70. The number of carbonyl (C=O) groups is 1. The predicted molar refractivity (Wildman–Crippen MR) is 72.4 cm³/mol. The first-order valence-corrected chi connectivity index (χ1v) is 6.84. The molecule has 18 heavy (non-hydrogen) atoms. The van der Waals surface area contributed by atoms with Gasteiger partial charge in [-0.25, -0.2) is 0 Å². The molecule has 0 aliphatic rings. The van der Waals surface area contributed by atoms with E-state index in [1.54, 1.807) is 6.20 Å². The van der Waals surface area contributed by atoms with Gasteiger partial charge in [0.1, 0.15) is 0 Å². The number of pyridine rings is 1. The molecule has 1 aromatic rings. The molecule has 1 unspecified atom stereocenters. The summed E-state index contributed by atoms with van der Waals surface area (Å²) in [7, 11) is 0. The van der Waals surface area contributed by atoms with E-state index in [1.165, 1.54) is 0 Å². The number of nitrogens with zero attached hydrogens (tertiary/aromatic N) is 1. The minimum atomic E-state index is -0.104. The molecule has 100 valence electrons. The van der Waals surface area contributed by atoms with Crippen molar-refractivity contribution < 1.29 is 9.53 Å². The summed E-state index contributed by atoms with van der Waals surface area (Å²) >= 11 is 0. The second kappa shape index (κ2) is 8.67. The van der Waals surface area contributed by atoms with E-state index in [0.717, 1.165) is 31.4 Å². The number of rotatable bonds is 8. The Morgan fingerprint density at radius 2 is 2.17 bits per heavy atom. The quantitative estimate of drug-likeness (QED) is 0.521. The highest BCUT2D eigenvalue weighted by molar-refractivity contribution is 5.70. The fraction of sp³-hybridized carbons (Fsp3) is 0.600. The average Bonchev–Trinajstić information content (AvgIpc) is 2.39. The smallest absolute Gasteiger partial charge is 0.306 e. The summed E-state index contributed by atoms with van der Waals surface area (Å²) in [6.07, 6.45) is 6.22. The van der Waals surface area contributed by atoms with Crippen molar-refractivity contribution in [1.29, 1.82) is 0 Å². The van der Waals surface area contributed by atoms with Crippen LogP contribution in [0.1, 0.15) is 57.6 Å². The van der Waals surface area contributed by atoms with Crippen LogP contribution in [0.15, 0.2) is 24.4 Å². The van der Waals surface area contributed by atoms with Gasteiger partial charge < -0.3 is 4.74 Å². The van der Waals surface area contributed by atoms with E-state index >= 15 is 0 Å². The molecule has 0 spiro atoms. The summed E-state index contributed by atoms with van der Waals surface area (Å²) in [4.78, 5) is 16.1. The lowest BCUT2D eigenvalue weighted by atomic mass is 9.95. The van der Waals surface area contributed by atoms with Crippen LogP contribution in [0.3, 0.4) is 0 Å². The lowest BCUT2D eigenvalue weighted by Gasteiger charge is -2.14. The summed E-state index contributed by atoms with van der Waals surface area (Å²) < 4.78 is 5.21. The van der Waals surface area contributed by atoms with Crippen molar-refractivity contribution in [3.05, 3.63) is 30.1 Å². The largest absolute Gasteiger partial charge is 0.466 e. The van der Waals surface area contributed by atoms with Gasteiger partial charge in [0.2, 0.25) is 0 Å². The molecule has 0 saturated heterocycles. The van der Waals surface area contributed by atoms with Crippen molar-refractivity contribution in [3.8, 4) is 0 Å². The third-order valence-corrected chi connectivity index (χ3v) is 2.92. The number of carbonyl (C=O) groups excluding carboxylic acids is 1. The van der Waals surface area contributed by atoms with E-state index in [0.29, 0.717) is 13.0 Å². The highest BCUT2D eigenvalue weighted by Gasteiger charge is 2.17. The summed E-state index contributed by atoms with van der Waals surface area (Å²) in [6, 6.07) is 5.85. The minimum absolute atomic E-state index is 0.104. The zero-order valence-electron chi connectivity index (χ0n) is 11.4. The van der Waals surface area contributed by atoms with Gasteiger partial charge in [-0.3, -0.25) is 9.78 Å². The van der Waals surface area contributed by atoms with Gasteiger partial charge in [-0.05, 0) is 25.0 Å². The van der Waals surface area contributed by atoms with Crippen molar-refractivity contribution in [2.75, 3.05) is 6.61 Å². The molecule has 1 heterocycles. The van der Waals surface area contributed by atoms with Crippen LogP contribution in [0.5, 0.6) is 0 Å². The van der Waals surface area contributed by atoms with Crippen LogP contribution in [0.2, 0.25) is 0 Å². The number of hydrogen-bond acceptors (Lipinski definition) is 3. The lowest BCUT2D eigenvalue weighted by Crippen LogP contribution is -2.12. The van der Waals surface area contributed by atoms with Crippen molar-refractivity contribution in [2.45, 2.75) is 51.9 Å². The highest BCUT2D eigenvalue weighted by Crippen LogP contribution is 2.23. The van der Waals surface area contributed by atoms with Crippen LogP contribution in [0, 0.1) is 0 Å². The molecule has 0 fully saturated rings. The second-order valence-electron chi connectivity index (χ2n) is 4.52. The SMILES string of the molecule is CCCCOC(=O)CC(CCC)c1ccccn1. The topological polar surface area (TPSA) is 39.2 Å². The molecule has 0 radical (unpaired) electrons. The average molecular weight is 249 g/mol. The molecule has 0 aliphatic heterocycles. The van der Waals surface area contributed by atoms with Gasteiger partial charge >= 0.3 is 5.97 Å². The van der Waals surface area contributed by atoms with Crippen LogP contribution < -0.4 is 0 Å². The van der Waals surface area contributed by atoms with Crippen molar-refractivity contribution in [2.24, 2.45) is 0 Å². The maximum absolute atomic E-state index is 11.7. The Bertz CT molecular complexity index is 338. The van der Waals surface area contributed by atoms with Crippen LogP contribution in [-0.2, 0) is 9.53 Å². The molecule has 0 amide bonds. The second-order valence-corrected chi connectivity index (χ2v) is 4.52. The van der Waals surface area contributed by atoms with E-state index in [9.17, 15) is 4.79 Å². The maximum Gasteiger partial charge on any atom is 0.306 e. The van der Waals surface area contributed by atoms with Gasteiger partial charge in [-0.2, -0.15) is 0 Å². The number of ether oxygens (including phenoxy) is 1. The fourth-order valence-electron chi connectivity index (χ4n) is 1.91. The molecule has 1 rings (SSSR count). The number of unbranched alkanes of at least 4 members (excludes halogenated alkanes) is 1. The molecule has 1 aromatic heterocycles. The van der Waals surface area contributed by atoms with Crippen molar-refractivity contribution >= 4 is 5.97 Å². The molecule has 3 heteroatoms. The van der Waals surface area contributed by atoms with Crippen LogP contribution in [-0.4, -0.2) is 17.6 Å². The first kappa shape index (κ1) is 14.7. The third kappa shape index (κ3) is 5.30. The zero-order chi connectivity index (χ0) is 13.2. The van der Waals surface area contributed by atoms with Gasteiger partial charge in [0.15, 0.2) is 0 Å². The van der Waals surface area contributed by atoms with E-state index < -0.39 is 0 Å². The Kier molecular flexibility index (Phi) is 7.07. The van der Waals surface area contributed by atoms with Gasteiger partial charge in [0.05, 0.1) is 13.0 Å². The van der Waals surface area contributed by atoms with Gasteiger partial charge in [0.25, 0.3) is 0 Å². The van der Waals surface area contributed by atoms with Crippen molar-refractivity contribution in [3.63, 3.8) is 0 Å². The van der Waals surface area contributed by atoms with Crippen LogP contribution >= 0.6 is 0 Å². The number of aromatic nitrogens is 1. The Morgan fingerprint density at radius 3 is 2.78 bits per heavy atom. The molecular formula is C15H23NO2. The van der Waals surface area contributed by atoms with Gasteiger partial charge in [0, 0.05) is 17.8 Å². The standard InChI is InChI=1S/C15H23NO2/c1-3-5-11-18-15(17)12-13(8-4-2)14-9-6-7-10-16-14/h6-7,9-10,13H,3-5,8,11-12H2,1-2H3. The third-order valence-electron chi connectivity index (χ3n) is 2.92. The van der Waals surface area contributed by atoms with Crippen LogP contribution in [0.4, 0.5) is 0 Å². The van der Waals surface area contributed by atoms with E-state index in [2.05, 4.69) is 18.8 Å². The Hall–Kier alpha value is -1.38. The van der Waals surface area contributed by atoms with Crippen molar-refractivity contribution in [1.82, 2.24) is 4.98 Å². The summed E-state index contributed by atoms with van der Waals surface area (Å²) in [5.41, 5.74) is 0.992. The molecule has 0 N–H and O–H groups in total. The Balaban J connectivity index is 2.50. The fourth-order valence-corrected chi connectivity index (χ4v) is 1.91. The Labute approximate surface area is 110 Å². The van der Waals surface area contributed by atoms with E-state index in [4.69, 9.17) is 4.74 Å². The summed E-state index contributed by atoms with van der Waals surface area (Å²) in [5, 5.41) is 0. The molecule has 0 saturated carbocycles. The lowest BCUT2D eigenvalue weighted by molar-refractivity contribution is -0.144. The number of hydrogen-bond donors (Lipinski definition) is 0. The Morgan fingerprint density at radius 1 is 1.33 bits per heavy atom. The first-order chi connectivity index (χ1) is 8.77. The molecule has 0 aromatic carbocycles. The monoisotopic (exact) mass is 249 g/mol. The molecule has 0 aliphatic carbocycles. The zero-order valence-corrected chi connectivity index (χ0v) is 11.4. The molecule has 3 nitrogen and oxygen atoms in total. The molecule has 0 bridgehead atoms. The van der Waals surface area contributed by atoms with Crippen LogP contribution in [0.25, 0.3) is 0 Å². The normalized spacial score (nSPS) is 12.1. The maximum atomic E-state index is 11.7. The number of esters is 1. The first-order valence-electron chi connectivity index (χ1n) is 6.84.